The number of rotatable bonds is 0. The van der Waals surface area contributed by atoms with E-state index in [1.807, 2.05) is 0 Å². The molecule has 0 N–H and O–H groups in total. The van der Waals surface area contributed by atoms with Gasteiger partial charge in [0.2, 0.25) is 0 Å². The van der Waals surface area contributed by atoms with Gasteiger partial charge in [-0.15, -0.1) is 72.3 Å². The molecule has 0 heterocycles. The second-order valence-electron chi connectivity index (χ2n) is 6.68. The van der Waals surface area contributed by atoms with Gasteiger partial charge in [0.25, 0.3) is 0 Å². The van der Waals surface area contributed by atoms with Crippen molar-refractivity contribution >= 4 is 35.6 Å². The molecule has 1 aliphatic rings. The molecule has 0 amide bonds. The van der Waals surface area contributed by atoms with Crippen LogP contribution in [0.3, 0.4) is 0 Å². The zero-order chi connectivity index (χ0) is 15.8. The number of benzene rings is 1. The van der Waals surface area contributed by atoms with Gasteiger partial charge >= 0.3 is 0 Å². The minimum absolute atomic E-state index is 0. The van der Waals surface area contributed by atoms with Crippen molar-refractivity contribution in [1.82, 2.24) is 0 Å². The predicted molar refractivity (Wildman–Crippen MR) is 108 cm³/mol. The van der Waals surface area contributed by atoms with E-state index in [-0.39, 0.29) is 56.1 Å². The molecule has 0 saturated carbocycles. The van der Waals surface area contributed by atoms with Crippen LogP contribution in [0.5, 0.6) is 0 Å². The van der Waals surface area contributed by atoms with Crippen molar-refractivity contribution in [3.63, 3.8) is 0 Å². The molecule has 0 atom stereocenters. The maximum atomic E-state index is 3.44. The zero-order valence-electron chi connectivity index (χ0n) is 15.7. The quantitative estimate of drug-likeness (QED) is 0.252. The molecule has 0 bridgehead atoms. The molecule has 0 spiro atoms. The van der Waals surface area contributed by atoms with Crippen LogP contribution in [0.2, 0.25) is 0 Å². The van der Waals surface area contributed by atoms with Crippen molar-refractivity contribution in [3.05, 3.63) is 64.3 Å². The molecular weight excluding hydrogens is 502 g/mol. The van der Waals surface area contributed by atoms with Gasteiger partial charge in [-0.1, -0.05) is 53.0 Å². The molecular formula is C21H28Cl2Hf-2. The molecule has 132 valence electrons. The number of allylic oxidation sites excluding steroid dienone is 4. The fraction of sp³-hybridized carbons (Fsp3) is 0.381. The van der Waals surface area contributed by atoms with Crippen molar-refractivity contribution in [3.8, 4) is 0 Å². The summed E-state index contributed by atoms with van der Waals surface area (Å²) in [6.45, 7) is 15.2. The largest absolute Gasteiger partial charge is 0.263 e. The average molecular weight is 530 g/mol. The number of halogens is 2. The molecule has 0 saturated heterocycles. The summed E-state index contributed by atoms with van der Waals surface area (Å²) in [5.41, 5.74) is 7.17. The van der Waals surface area contributed by atoms with E-state index in [0.29, 0.717) is 0 Å². The van der Waals surface area contributed by atoms with Crippen LogP contribution in [0.1, 0.15) is 45.7 Å². The summed E-state index contributed by atoms with van der Waals surface area (Å²) in [6.07, 6.45) is 3.44. The zero-order valence-corrected chi connectivity index (χ0v) is 20.9. The predicted octanol–water partition coefficient (Wildman–Crippen LogP) is 7.13. The second-order valence-corrected chi connectivity index (χ2v) is 6.68. The standard InChI is InChI=1S/C11H11.C10H15.2ClH.Hf/c1-8-7-9(2)11-6-4-3-5-10(8)11;1-7-6-10(4,5)9(3)8(7)2;;;/h3-7H,1-2H3;1-5H3;2*1H;/q2*-1;;;. The average Bonchev–Trinajstić information content (AvgIpc) is 2.81. The first-order chi connectivity index (χ1) is 9.74. The molecule has 0 aliphatic heterocycles. The van der Waals surface area contributed by atoms with Gasteiger partial charge in [0.1, 0.15) is 0 Å². The Hall–Kier alpha value is -0.240. The van der Waals surface area contributed by atoms with Crippen molar-refractivity contribution in [2.45, 2.75) is 48.5 Å². The summed E-state index contributed by atoms with van der Waals surface area (Å²) in [5.74, 6) is 0. The molecule has 0 unspecified atom stereocenters. The Morgan fingerprint density at radius 1 is 0.958 bits per heavy atom. The smallest absolute Gasteiger partial charge is 0 e. The topological polar surface area (TPSA) is 0 Å². The summed E-state index contributed by atoms with van der Waals surface area (Å²) in [4.78, 5) is 0. The third-order valence-electron chi connectivity index (χ3n) is 4.77. The molecule has 2 aromatic rings. The van der Waals surface area contributed by atoms with Crippen LogP contribution in [0.4, 0.5) is 0 Å². The van der Waals surface area contributed by atoms with Gasteiger partial charge < -0.3 is 0 Å². The molecule has 2 aromatic carbocycles. The van der Waals surface area contributed by atoms with Gasteiger partial charge in [-0.05, 0) is 0 Å². The van der Waals surface area contributed by atoms with E-state index in [2.05, 4.69) is 84.9 Å². The minimum atomic E-state index is 0. The second kappa shape index (κ2) is 10.0. The van der Waals surface area contributed by atoms with E-state index in [0.717, 1.165) is 0 Å². The molecule has 0 radical (unpaired) electrons. The first kappa shape index (κ1) is 26.0. The van der Waals surface area contributed by atoms with Gasteiger partial charge in [0.15, 0.2) is 0 Å². The van der Waals surface area contributed by atoms with E-state index in [1.165, 1.54) is 38.6 Å². The Balaban J connectivity index is 0. The van der Waals surface area contributed by atoms with E-state index in [9.17, 15) is 0 Å². The van der Waals surface area contributed by atoms with Gasteiger partial charge in [0.05, 0.1) is 0 Å². The van der Waals surface area contributed by atoms with E-state index in [1.54, 1.807) is 0 Å². The van der Waals surface area contributed by atoms with Crippen molar-refractivity contribution in [2.24, 2.45) is 5.41 Å². The number of hydrogen-bond acceptors (Lipinski definition) is 0. The van der Waals surface area contributed by atoms with Crippen LogP contribution in [0, 0.1) is 25.3 Å². The van der Waals surface area contributed by atoms with Gasteiger partial charge in [-0.25, -0.2) is 5.57 Å². The van der Waals surface area contributed by atoms with Crippen LogP contribution in [-0.2, 0) is 25.8 Å². The maximum Gasteiger partial charge on any atom is 0 e. The summed E-state index contributed by atoms with van der Waals surface area (Å²) in [7, 11) is 0. The third kappa shape index (κ3) is 5.38. The monoisotopic (exact) mass is 530 g/mol. The van der Waals surface area contributed by atoms with Crippen molar-refractivity contribution in [1.29, 1.82) is 0 Å². The van der Waals surface area contributed by atoms with Gasteiger partial charge in [-0.2, -0.15) is 16.7 Å². The SMILES string of the molecule is CC1=[C-]C(C)(C)C(C)=C1C.Cc1c[c-](C)c2ccccc12.Cl.Cl.[Hf]. The molecule has 0 aromatic heterocycles. The fourth-order valence-corrected chi connectivity index (χ4v) is 3.06. The first-order valence-corrected chi connectivity index (χ1v) is 7.65. The van der Waals surface area contributed by atoms with Crippen molar-refractivity contribution < 1.29 is 25.8 Å². The molecule has 24 heavy (non-hydrogen) atoms. The first-order valence-electron chi connectivity index (χ1n) is 7.65. The van der Waals surface area contributed by atoms with Crippen LogP contribution < -0.4 is 0 Å². The Labute approximate surface area is 178 Å². The number of fused-ring (bicyclic) bond motifs is 1. The summed E-state index contributed by atoms with van der Waals surface area (Å²) in [5, 5.41) is 2.79. The van der Waals surface area contributed by atoms with Crippen LogP contribution in [-0.4, -0.2) is 0 Å². The van der Waals surface area contributed by atoms with Crippen LogP contribution in [0.25, 0.3) is 10.8 Å². The maximum absolute atomic E-state index is 3.44. The molecule has 0 fully saturated rings. The third-order valence-corrected chi connectivity index (χ3v) is 4.77. The van der Waals surface area contributed by atoms with Gasteiger partial charge in [-0.3, -0.25) is 6.08 Å². The molecule has 1 aliphatic carbocycles. The van der Waals surface area contributed by atoms with E-state index in [4.69, 9.17) is 0 Å². The molecule has 3 heteroatoms. The Morgan fingerprint density at radius 2 is 1.50 bits per heavy atom. The molecule has 3 rings (SSSR count). The van der Waals surface area contributed by atoms with Crippen LogP contribution >= 0.6 is 24.8 Å². The fourth-order valence-electron chi connectivity index (χ4n) is 3.06. The summed E-state index contributed by atoms with van der Waals surface area (Å²) >= 11 is 0. The summed E-state index contributed by atoms with van der Waals surface area (Å²) in [6, 6.07) is 10.8. The normalized spacial score (nSPS) is 14.7. The van der Waals surface area contributed by atoms with Gasteiger partial charge in [0, 0.05) is 25.8 Å². The van der Waals surface area contributed by atoms with Crippen LogP contribution in [0.15, 0.2) is 47.1 Å². The molecule has 0 nitrogen and oxygen atoms in total. The minimum Gasteiger partial charge on any atom is -0.263 e. The Morgan fingerprint density at radius 3 is 1.88 bits per heavy atom. The van der Waals surface area contributed by atoms with Crippen molar-refractivity contribution in [2.75, 3.05) is 0 Å². The van der Waals surface area contributed by atoms with E-state index < -0.39 is 0 Å². The Kier molecular flexibility index (Phi) is 10.9. The number of aryl methyl sites for hydroxylation is 2. The Bertz CT molecular complexity index is 697. The summed E-state index contributed by atoms with van der Waals surface area (Å²) < 4.78 is 0. The number of hydrogen-bond donors (Lipinski definition) is 0. The van der Waals surface area contributed by atoms with E-state index >= 15 is 0 Å².